The van der Waals surface area contributed by atoms with Crippen molar-refractivity contribution in [3.63, 3.8) is 0 Å². The molecule has 0 aliphatic rings. The molecule has 0 bridgehead atoms. The molecule has 110 valence electrons. The van der Waals surface area contributed by atoms with Crippen LogP contribution in [0.3, 0.4) is 0 Å². The number of carbonyl (C=O) groups excluding carboxylic acids is 1. The lowest BCUT2D eigenvalue weighted by Gasteiger charge is -2.24. The molecule has 0 spiro atoms. The molecule has 0 saturated carbocycles. The van der Waals surface area contributed by atoms with Crippen LogP contribution in [0.4, 0.5) is 8.78 Å². The molecule has 2 atom stereocenters. The lowest BCUT2D eigenvalue weighted by Crippen LogP contribution is -2.36. The average molecular weight is 291 g/mol. The van der Waals surface area contributed by atoms with Gasteiger partial charge in [-0.2, -0.15) is 0 Å². The first kappa shape index (κ1) is 15.1. The van der Waals surface area contributed by atoms with Crippen molar-refractivity contribution in [1.82, 2.24) is 0 Å². The molecule has 21 heavy (non-hydrogen) atoms. The summed E-state index contributed by atoms with van der Waals surface area (Å²) in [5.74, 6) is -3.53. The number of carboxylic acid groups (broad SMARTS) is 1. The normalized spacial score (nSPS) is 13.7. The van der Waals surface area contributed by atoms with Crippen LogP contribution in [0.25, 0.3) is 0 Å². The third kappa shape index (κ3) is 3.86. The lowest BCUT2D eigenvalue weighted by atomic mass is 9.90. The molecule has 0 radical (unpaired) electrons. The maximum absolute atomic E-state index is 12.8. The Hall–Kier alpha value is -2.27. The molecule has 2 aromatic carbocycles. The first-order valence-corrected chi connectivity index (χ1v) is 6.36. The van der Waals surface area contributed by atoms with Gasteiger partial charge in [-0.3, -0.25) is 0 Å². The van der Waals surface area contributed by atoms with E-state index in [-0.39, 0.29) is 12.0 Å². The Morgan fingerprint density at radius 1 is 1.00 bits per heavy atom. The van der Waals surface area contributed by atoms with E-state index in [1.165, 1.54) is 36.4 Å². The zero-order valence-electron chi connectivity index (χ0n) is 11.0. The van der Waals surface area contributed by atoms with E-state index < -0.39 is 29.6 Å². The third-order valence-electron chi connectivity index (χ3n) is 3.26. The van der Waals surface area contributed by atoms with Crippen LogP contribution in [0.15, 0.2) is 48.5 Å². The highest BCUT2D eigenvalue weighted by Gasteiger charge is 2.22. The third-order valence-corrected chi connectivity index (χ3v) is 3.26. The second-order valence-electron chi connectivity index (χ2n) is 4.75. The van der Waals surface area contributed by atoms with Gasteiger partial charge >= 0.3 is 0 Å². The minimum atomic E-state index is -1.42. The monoisotopic (exact) mass is 291 g/mol. The first-order chi connectivity index (χ1) is 9.97. The van der Waals surface area contributed by atoms with Crippen molar-refractivity contribution in [2.24, 2.45) is 5.92 Å². The fourth-order valence-corrected chi connectivity index (χ4v) is 2.09. The van der Waals surface area contributed by atoms with Crippen molar-refractivity contribution in [2.45, 2.75) is 12.5 Å². The van der Waals surface area contributed by atoms with Crippen molar-refractivity contribution in [3.05, 3.63) is 71.3 Å². The molecular formula is C16H13F2O3-. The fraction of sp³-hybridized carbons (Fsp3) is 0.188. The molecule has 5 heteroatoms. The van der Waals surface area contributed by atoms with Gasteiger partial charge in [0, 0.05) is 11.9 Å². The minimum absolute atomic E-state index is 0.0127. The Labute approximate surface area is 120 Å². The second-order valence-corrected chi connectivity index (χ2v) is 4.75. The molecule has 3 nitrogen and oxygen atoms in total. The number of hydrogen-bond acceptors (Lipinski definition) is 3. The van der Waals surface area contributed by atoms with Gasteiger partial charge in [-0.25, -0.2) is 8.78 Å². The van der Waals surface area contributed by atoms with Crippen LogP contribution in [0, 0.1) is 17.6 Å². The highest BCUT2D eigenvalue weighted by Crippen LogP contribution is 2.25. The summed E-state index contributed by atoms with van der Waals surface area (Å²) in [5, 5.41) is 21.4. The van der Waals surface area contributed by atoms with E-state index in [0.717, 1.165) is 12.1 Å². The SMILES string of the molecule is O=C([O-])C(Cc1ccc(F)cc1)C(O)c1ccc(F)cc1. The van der Waals surface area contributed by atoms with Gasteiger partial charge in [-0.1, -0.05) is 24.3 Å². The number of carbonyl (C=O) groups is 1. The van der Waals surface area contributed by atoms with Gasteiger partial charge in [0.2, 0.25) is 0 Å². The molecule has 0 aliphatic carbocycles. The van der Waals surface area contributed by atoms with Crippen molar-refractivity contribution in [2.75, 3.05) is 0 Å². The Bertz CT molecular complexity index is 608. The Kier molecular flexibility index (Phi) is 4.65. The number of aliphatic hydroxyl groups excluding tert-OH is 1. The summed E-state index contributed by atoms with van der Waals surface area (Å²) in [6.45, 7) is 0. The van der Waals surface area contributed by atoms with E-state index >= 15 is 0 Å². The number of halogens is 2. The molecule has 2 unspecified atom stereocenters. The van der Waals surface area contributed by atoms with Gasteiger partial charge in [-0.05, 0) is 41.8 Å². The summed E-state index contributed by atoms with van der Waals surface area (Å²) in [5.41, 5.74) is 0.847. The summed E-state index contributed by atoms with van der Waals surface area (Å²) in [6.07, 6.45) is -1.35. The quantitative estimate of drug-likeness (QED) is 0.910. The number of aliphatic hydroxyl groups is 1. The van der Waals surface area contributed by atoms with Gasteiger partial charge < -0.3 is 15.0 Å². The van der Waals surface area contributed by atoms with Crippen molar-refractivity contribution >= 4 is 5.97 Å². The van der Waals surface area contributed by atoms with Crippen LogP contribution < -0.4 is 5.11 Å². The van der Waals surface area contributed by atoms with Gasteiger partial charge in [0.25, 0.3) is 0 Å². The summed E-state index contributed by atoms with van der Waals surface area (Å²) in [7, 11) is 0. The maximum Gasteiger partial charge on any atom is 0.123 e. The molecule has 0 fully saturated rings. The molecule has 1 N–H and O–H groups in total. The zero-order chi connectivity index (χ0) is 15.4. The average Bonchev–Trinajstić information content (AvgIpc) is 2.46. The molecule has 0 amide bonds. The summed E-state index contributed by atoms with van der Waals surface area (Å²) in [4.78, 5) is 11.2. The predicted octanol–water partition coefficient (Wildman–Crippen LogP) is 1.61. The largest absolute Gasteiger partial charge is 0.550 e. The second kappa shape index (κ2) is 6.45. The smallest absolute Gasteiger partial charge is 0.123 e. The molecule has 0 aromatic heterocycles. The number of hydrogen-bond donors (Lipinski definition) is 1. The van der Waals surface area contributed by atoms with Gasteiger partial charge in [0.15, 0.2) is 0 Å². The van der Waals surface area contributed by atoms with Crippen LogP contribution >= 0.6 is 0 Å². The van der Waals surface area contributed by atoms with Crippen molar-refractivity contribution in [1.29, 1.82) is 0 Å². The van der Waals surface area contributed by atoms with Crippen molar-refractivity contribution in [3.8, 4) is 0 Å². The van der Waals surface area contributed by atoms with E-state index in [0.29, 0.717) is 5.56 Å². The van der Waals surface area contributed by atoms with Crippen LogP contribution in [0.1, 0.15) is 17.2 Å². The van der Waals surface area contributed by atoms with Crippen LogP contribution in [0.2, 0.25) is 0 Å². The number of rotatable bonds is 5. The van der Waals surface area contributed by atoms with Gasteiger partial charge in [-0.15, -0.1) is 0 Å². The van der Waals surface area contributed by atoms with E-state index in [9.17, 15) is 23.8 Å². The molecular weight excluding hydrogens is 278 g/mol. The van der Waals surface area contributed by atoms with E-state index in [4.69, 9.17) is 0 Å². The van der Waals surface area contributed by atoms with Crippen molar-refractivity contribution < 1.29 is 23.8 Å². The number of carboxylic acids is 1. The Morgan fingerprint density at radius 3 is 1.95 bits per heavy atom. The topological polar surface area (TPSA) is 60.4 Å². The standard InChI is InChI=1S/C16H14F2O3/c17-12-5-1-10(2-6-12)9-14(16(20)21)15(19)11-3-7-13(18)8-4-11/h1-8,14-15,19H,9H2,(H,20,21)/p-1. The molecule has 2 aromatic rings. The Morgan fingerprint density at radius 2 is 1.48 bits per heavy atom. The Balaban J connectivity index is 2.20. The summed E-state index contributed by atoms with van der Waals surface area (Å²) < 4.78 is 25.7. The number of aliphatic carboxylic acids is 1. The molecule has 0 saturated heterocycles. The summed E-state index contributed by atoms with van der Waals surface area (Å²) >= 11 is 0. The highest BCUT2D eigenvalue weighted by atomic mass is 19.1. The zero-order valence-corrected chi connectivity index (χ0v) is 11.0. The van der Waals surface area contributed by atoms with E-state index in [1.54, 1.807) is 0 Å². The van der Waals surface area contributed by atoms with Gasteiger partial charge in [0.05, 0.1) is 6.10 Å². The predicted molar refractivity (Wildman–Crippen MR) is 70.0 cm³/mol. The first-order valence-electron chi connectivity index (χ1n) is 6.36. The molecule has 0 heterocycles. The lowest BCUT2D eigenvalue weighted by molar-refractivity contribution is -0.314. The summed E-state index contributed by atoms with van der Waals surface area (Å²) in [6, 6.07) is 10.2. The van der Waals surface area contributed by atoms with Crippen LogP contribution in [-0.4, -0.2) is 11.1 Å². The molecule has 2 rings (SSSR count). The highest BCUT2D eigenvalue weighted by molar-refractivity contribution is 5.69. The number of benzene rings is 2. The van der Waals surface area contributed by atoms with Crippen LogP contribution in [0.5, 0.6) is 0 Å². The van der Waals surface area contributed by atoms with Gasteiger partial charge in [0.1, 0.15) is 11.6 Å². The van der Waals surface area contributed by atoms with E-state index in [1.807, 2.05) is 0 Å². The maximum atomic E-state index is 12.8. The fourth-order valence-electron chi connectivity index (χ4n) is 2.09. The molecule has 0 aliphatic heterocycles. The van der Waals surface area contributed by atoms with Crippen LogP contribution in [-0.2, 0) is 11.2 Å². The van der Waals surface area contributed by atoms with E-state index in [2.05, 4.69) is 0 Å². The minimum Gasteiger partial charge on any atom is -0.550 e.